The lowest BCUT2D eigenvalue weighted by molar-refractivity contribution is 0.164. The van der Waals surface area contributed by atoms with Gasteiger partial charge in [-0.3, -0.25) is 0 Å². The molecule has 0 fully saturated rings. The number of aryl methyl sites for hydroxylation is 1. The fourth-order valence-electron chi connectivity index (χ4n) is 1.53. The van der Waals surface area contributed by atoms with Crippen LogP contribution in [0.25, 0.3) is 0 Å². The Balaban J connectivity index is 2.57. The molecule has 0 unspecified atom stereocenters. The number of benzene rings is 1. The first-order valence-corrected chi connectivity index (χ1v) is 4.40. The highest BCUT2D eigenvalue weighted by molar-refractivity contribution is 5.62. The number of phenolic OH excluding ortho intramolecular Hbond substituents is 1. The third-order valence-corrected chi connectivity index (χ3v) is 2.15. The first-order chi connectivity index (χ1) is 6.74. The Hall–Kier alpha value is -1.58. The van der Waals surface area contributed by atoms with Crippen LogP contribution in [0.5, 0.6) is 23.0 Å². The van der Waals surface area contributed by atoms with Crippen molar-refractivity contribution in [1.82, 2.24) is 0 Å². The Labute approximate surface area is 82.0 Å². The van der Waals surface area contributed by atoms with Crippen molar-refractivity contribution in [2.45, 2.75) is 6.92 Å². The molecule has 0 radical (unpaired) electrons. The SMILES string of the molecule is COc1c(C)cc2c(c1O)OCCO2. The van der Waals surface area contributed by atoms with Crippen LogP contribution in [0.15, 0.2) is 6.07 Å². The van der Waals surface area contributed by atoms with Gasteiger partial charge in [-0.15, -0.1) is 0 Å². The molecule has 1 heterocycles. The molecule has 0 bridgehead atoms. The molecule has 1 aromatic rings. The van der Waals surface area contributed by atoms with Crippen molar-refractivity contribution in [2.24, 2.45) is 0 Å². The van der Waals surface area contributed by atoms with Crippen LogP contribution in [0, 0.1) is 6.92 Å². The van der Waals surface area contributed by atoms with Crippen molar-refractivity contribution in [3.63, 3.8) is 0 Å². The van der Waals surface area contributed by atoms with Gasteiger partial charge in [0.2, 0.25) is 11.5 Å². The number of aromatic hydroxyl groups is 1. The van der Waals surface area contributed by atoms with E-state index in [1.165, 1.54) is 7.11 Å². The average Bonchev–Trinajstić information content (AvgIpc) is 2.18. The van der Waals surface area contributed by atoms with Crippen molar-refractivity contribution in [2.75, 3.05) is 20.3 Å². The lowest BCUT2D eigenvalue weighted by atomic mass is 10.1. The first-order valence-electron chi connectivity index (χ1n) is 4.40. The minimum absolute atomic E-state index is 0.0159. The number of hydrogen-bond acceptors (Lipinski definition) is 4. The van der Waals surface area contributed by atoms with Gasteiger partial charge in [0.25, 0.3) is 0 Å². The Kier molecular flexibility index (Phi) is 2.11. The summed E-state index contributed by atoms with van der Waals surface area (Å²) >= 11 is 0. The van der Waals surface area contributed by atoms with Gasteiger partial charge in [0.1, 0.15) is 13.2 Å². The second kappa shape index (κ2) is 3.29. The highest BCUT2D eigenvalue weighted by atomic mass is 16.6. The summed E-state index contributed by atoms with van der Waals surface area (Å²) in [5.41, 5.74) is 0.828. The quantitative estimate of drug-likeness (QED) is 0.739. The third-order valence-electron chi connectivity index (χ3n) is 2.15. The van der Waals surface area contributed by atoms with Gasteiger partial charge in [0.05, 0.1) is 7.11 Å². The maximum atomic E-state index is 9.79. The molecule has 0 aromatic heterocycles. The molecule has 0 saturated heterocycles. The number of rotatable bonds is 1. The van der Waals surface area contributed by atoms with Crippen LogP contribution in [-0.4, -0.2) is 25.4 Å². The van der Waals surface area contributed by atoms with E-state index in [4.69, 9.17) is 14.2 Å². The summed E-state index contributed by atoms with van der Waals surface area (Å²) in [5.74, 6) is 1.40. The first kappa shape index (κ1) is 8.99. The highest BCUT2D eigenvalue weighted by Gasteiger charge is 2.21. The van der Waals surface area contributed by atoms with E-state index in [-0.39, 0.29) is 5.75 Å². The number of fused-ring (bicyclic) bond motifs is 1. The van der Waals surface area contributed by atoms with E-state index in [2.05, 4.69) is 0 Å². The molecule has 1 aromatic carbocycles. The monoisotopic (exact) mass is 196 g/mol. The van der Waals surface area contributed by atoms with Crippen LogP contribution < -0.4 is 14.2 Å². The van der Waals surface area contributed by atoms with Gasteiger partial charge in [0.15, 0.2) is 11.5 Å². The van der Waals surface area contributed by atoms with Crippen molar-refractivity contribution < 1.29 is 19.3 Å². The summed E-state index contributed by atoms with van der Waals surface area (Å²) in [4.78, 5) is 0. The van der Waals surface area contributed by atoms with Gasteiger partial charge in [-0.25, -0.2) is 0 Å². The summed E-state index contributed by atoms with van der Waals surface area (Å²) in [7, 11) is 1.51. The van der Waals surface area contributed by atoms with E-state index in [1.807, 2.05) is 6.92 Å². The van der Waals surface area contributed by atoms with E-state index in [9.17, 15) is 5.11 Å². The molecule has 0 saturated carbocycles. The summed E-state index contributed by atoms with van der Waals surface area (Å²) < 4.78 is 15.7. The summed E-state index contributed by atoms with van der Waals surface area (Å²) in [5, 5.41) is 9.79. The van der Waals surface area contributed by atoms with E-state index in [0.29, 0.717) is 30.5 Å². The lowest BCUT2D eigenvalue weighted by Crippen LogP contribution is -2.15. The van der Waals surface area contributed by atoms with E-state index < -0.39 is 0 Å². The zero-order chi connectivity index (χ0) is 10.1. The maximum Gasteiger partial charge on any atom is 0.207 e. The number of phenols is 1. The Morgan fingerprint density at radius 1 is 1.36 bits per heavy atom. The second-order valence-electron chi connectivity index (χ2n) is 3.10. The number of hydrogen-bond donors (Lipinski definition) is 1. The van der Waals surface area contributed by atoms with Gasteiger partial charge in [-0.1, -0.05) is 0 Å². The van der Waals surface area contributed by atoms with Crippen molar-refractivity contribution in [1.29, 1.82) is 0 Å². The number of methoxy groups -OCH3 is 1. The van der Waals surface area contributed by atoms with Crippen LogP contribution in [0.1, 0.15) is 5.56 Å². The lowest BCUT2D eigenvalue weighted by Gasteiger charge is -2.21. The zero-order valence-electron chi connectivity index (χ0n) is 8.16. The molecule has 1 N–H and O–H groups in total. The second-order valence-corrected chi connectivity index (χ2v) is 3.10. The molecule has 1 aliphatic rings. The average molecular weight is 196 g/mol. The fraction of sp³-hybridized carbons (Fsp3) is 0.400. The Bertz CT molecular complexity index is 360. The summed E-state index contributed by atoms with van der Waals surface area (Å²) in [6, 6.07) is 1.80. The van der Waals surface area contributed by atoms with Gasteiger partial charge in [0, 0.05) is 0 Å². The molecule has 0 amide bonds. The van der Waals surface area contributed by atoms with Gasteiger partial charge in [-0.2, -0.15) is 0 Å². The minimum atomic E-state index is 0.0159. The van der Waals surface area contributed by atoms with Gasteiger partial charge < -0.3 is 19.3 Å². The molecular weight excluding hydrogens is 184 g/mol. The summed E-state index contributed by atoms with van der Waals surface area (Å²) in [6.45, 7) is 2.81. The topological polar surface area (TPSA) is 47.9 Å². The van der Waals surface area contributed by atoms with Crippen LogP contribution in [0.2, 0.25) is 0 Å². The van der Waals surface area contributed by atoms with E-state index in [0.717, 1.165) is 5.56 Å². The standard InChI is InChI=1S/C10H12O4/c1-6-5-7-10(14-4-3-13-7)8(11)9(6)12-2/h5,11H,3-4H2,1-2H3. The number of ether oxygens (including phenoxy) is 3. The van der Waals surface area contributed by atoms with E-state index in [1.54, 1.807) is 6.07 Å². The molecule has 4 nitrogen and oxygen atoms in total. The molecule has 2 rings (SSSR count). The predicted octanol–water partition coefficient (Wildman–Crippen LogP) is 1.48. The summed E-state index contributed by atoms with van der Waals surface area (Å²) in [6.07, 6.45) is 0. The molecule has 14 heavy (non-hydrogen) atoms. The normalized spacial score (nSPS) is 13.9. The van der Waals surface area contributed by atoms with Gasteiger partial charge in [-0.05, 0) is 18.6 Å². The van der Waals surface area contributed by atoms with Crippen LogP contribution in [0.4, 0.5) is 0 Å². The molecule has 1 aliphatic heterocycles. The Morgan fingerprint density at radius 3 is 2.79 bits per heavy atom. The largest absolute Gasteiger partial charge is 0.502 e. The minimum Gasteiger partial charge on any atom is -0.502 e. The van der Waals surface area contributed by atoms with Crippen LogP contribution in [-0.2, 0) is 0 Å². The molecule has 0 atom stereocenters. The molecule has 76 valence electrons. The molecule has 0 spiro atoms. The maximum absolute atomic E-state index is 9.79. The van der Waals surface area contributed by atoms with Gasteiger partial charge >= 0.3 is 0 Å². The third kappa shape index (κ3) is 1.23. The zero-order valence-corrected chi connectivity index (χ0v) is 8.16. The van der Waals surface area contributed by atoms with Crippen LogP contribution >= 0.6 is 0 Å². The molecule has 4 heteroatoms. The smallest absolute Gasteiger partial charge is 0.207 e. The van der Waals surface area contributed by atoms with Crippen LogP contribution in [0.3, 0.4) is 0 Å². The molecular formula is C10H12O4. The van der Waals surface area contributed by atoms with Crippen molar-refractivity contribution in [3.8, 4) is 23.0 Å². The predicted molar refractivity (Wildman–Crippen MR) is 50.4 cm³/mol. The van der Waals surface area contributed by atoms with Crippen molar-refractivity contribution in [3.05, 3.63) is 11.6 Å². The fourth-order valence-corrected chi connectivity index (χ4v) is 1.53. The van der Waals surface area contributed by atoms with E-state index >= 15 is 0 Å². The Morgan fingerprint density at radius 2 is 2.07 bits per heavy atom. The highest BCUT2D eigenvalue weighted by Crippen LogP contribution is 2.46. The van der Waals surface area contributed by atoms with Crippen molar-refractivity contribution >= 4 is 0 Å². The molecule has 0 aliphatic carbocycles.